The summed E-state index contributed by atoms with van der Waals surface area (Å²) >= 11 is 16.3. The van der Waals surface area contributed by atoms with Crippen molar-refractivity contribution in [2.75, 3.05) is 0 Å². The van der Waals surface area contributed by atoms with E-state index in [0.29, 0.717) is 6.42 Å². The van der Waals surface area contributed by atoms with Crippen LogP contribution in [0.25, 0.3) is 0 Å². The molecule has 0 aromatic carbocycles. The van der Waals surface area contributed by atoms with E-state index in [2.05, 4.69) is 0 Å². The molecule has 0 amide bonds. The van der Waals surface area contributed by atoms with E-state index in [1.165, 1.54) is 6.08 Å². The van der Waals surface area contributed by atoms with Crippen molar-refractivity contribution < 1.29 is 4.79 Å². The summed E-state index contributed by atoms with van der Waals surface area (Å²) in [7, 11) is 0. The number of carbonyl (C=O) groups is 1. The third kappa shape index (κ3) is 10.3. The molecule has 64 valence electrons. The molecule has 0 saturated carbocycles. The van der Waals surface area contributed by atoms with Gasteiger partial charge in [-0.05, 0) is 18.9 Å². The second-order valence-electron chi connectivity index (χ2n) is 2.04. The highest BCUT2D eigenvalue weighted by atomic mass is 35.6. The molecule has 0 aliphatic heterocycles. The van der Waals surface area contributed by atoms with Crippen molar-refractivity contribution in [1.29, 1.82) is 0 Å². The Morgan fingerprint density at radius 2 is 1.82 bits per heavy atom. The number of alkyl halides is 3. The monoisotopic (exact) mass is 214 g/mol. The van der Waals surface area contributed by atoms with Gasteiger partial charge in [-0.15, -0.1) is 0 Å². The van der Waals surface area contributed by atoms with E-state index in [9.17, 15) is 4.79 Å². The maximum atomic E-state index is 9.86. The zero-order chi connectivity index (χ0) is 8.74. The minimum Gasteiger partial charge on any atom is -0.303 e. The molecule has 0 aliphatic carbocycles. The first-order chi connectivity index (χ1) is 5.06. The fourth-order valence-corrected chi connectivity index (χ4v) is 0.803. The second-order valence-corrected chi connectivity index (χ2v) is 4.41. The third-order valence-corrected chi connectivity index (χ3v) is 1.38. The first-order valence-electron chi connectivity index (χ1n) is 3.24. The maximum Gasteiger partial charge on any atom is 0.209 e. The van der Waals surface area contributed by atoms with Gasteiger partial charge in [-0.1, -0.05) is 40.9 Å². The largest absolute Gasteiger partial charge is 0.303 e. The molecule has 0 heterocycles. The Hall–Kier alpha value is 0.280. The maximum absolute atomic E-state index is 9.86. The molecular weight excluding hydrogens is 206 g/mol. The first-order valence-corrected chi connectivity index (χ1v) is 4.38. The molecule has 1 nitrogen and oxygen atoms in total. The van der Waals surface area contributed by atoms with Crippen LogP contribution in [0.1, 0.15) is 19.3 Å². The highest BCUT2D eigenvalue weighted by Gasteiger charge is 2.12. The Morgan fingerprint density at radius 3 is 2.27 bits per heavy atom. The molecular formula is C7H9Cl3O. The topological polar surface area (TPSA) is 17.1 Å². The average molecular weight is 216 g/mol. The van der Waals surface area contributed by atoms with Crippen LogP contribution in [0.3, 0.4) is 0 Å². The predicted octanol–water partition coefficient (Wildman–Crippen LogP) is 3.28. The van der Waals surface area contributed by atoms with E-state index in [4.69, 9.17) is 34.8 Å². The van der Waals surface area contributed by atoms with Crippen LogP contribution in [0.15, 0.2) is 12.2 Å². The van der Waals surface area contributed by atoms with Crippen molar-refractivity contribution in [3.8, 4) is 0 Å². The van der Waals surface area contributed by atoms with E-state index < -0.39 is 3.79 Å². The Labute approximate surface area is 81.3 Å². The van der Waals surface area contributed by atoms with Gasteiger partial charge in [-0.2, -0.15) is 0 Å². The third-order valence-electron chi connectivity index (χ3n) is 1.000. The first kappa shape index (κ1) is 11.3. The lowest BCUT2D eigenvalue weighted by Crippen LogP contribution is -1.93. The zero-order valence-corrected chi connectivity index (χ0v) is 8.16. The van der Waals surface area contributed by atoms with Gasteiger partial charge in [0, 0.05) is 6.42 Å². The molecule has 0 atom stereocenters. The molecule has 11 heavy (non-hydrogen) atoms. The molecule has 0 bridgehead atoms. The molecule has 0 fully saturated rings. The Kier molecular flexibility index (Phi) is 6.02. The fraction of sp³-hybridized carbons (Fsp3) is 0.571. The number of rotatable bonds is 4. The van der Waals surface area contributed by atoms with Crippen LogP contribution in [0.2, 0.25) is 0 Å². The van der Waals surface area contributed by atoms with Crippen molar-refractivity contribution in [2.24, 2.45) is 0 Å². The van der Waals surface area contributed by atoms with Gasteiger partial charge in [-0.3, -0.25) is 0 Å². The lowest BCUT2D eigenvalue weighted by atomic mass is 10.2. The van der Waals surface area contributed by atoms with Crippen LogP contribution in [-0.2, 0) is 4.79 Å². The van der Waals surface area contributed by atoms with Gasteiger partial charge >= 0.3 is 0 Å². The normalized spacial score (nSPS) is 12.3. The lowest BCUT2D eigenvalue weighted by Gasteiger charge is -2.01. The van der Waals surface area contributed by atoms with Crippen LogP contribution >= 0.6 is 34.8 Å². The molecule has 0 aliphatic rings. The number of aldehydes is 1. The Morgan fingerprint density at radius 1 is 1.18 bits per heavy atom. The van der Waals surface area contributed by atoms with Crippen LogP contribution in [0.5, 0.6) is 0 Å². The fourth-order valence-electron chi connectivity index (χ4n) is 0.536. The van der Waals surface area contributed by atoms with Gasteiger partial charge in [-0.25, -0.2) is 0 Å². The summed E-state index contributed by atoms with van der Waals surface area (Å²) in [5.74, 6) is 0. The number of allylic oxidation sites excluding steroid dienone is 2. The summed E-state index contributed by atoms with van der Waals surface area (Å²) in [5, 5.41) is 0. The molecule has 0 rings (SSSR count). The van der Waals surface area contributed by atoms with Crippen LogP contribution in [0, 0.1) is 0 Å². The Bertz CT molecular complexity index is 137. The second kappa shape index (κ2) is 5.87. The van der Waals surface area contributed by atoms with Gasteiger partial charge in [0.25, 0.3) is 0 Å². The van der Waals surface area contributed by atoms with E-state index in [1.807, 2.05) is 0 Å². The number of unbranched alkanes of at least 4 members (excludes halogenated alkanes) is 2. The van der Waals surface area contributed by atoms with E-state index in [-0.39, 0.29) is 0 Å². The van der Waals surface area contributed by atoms with Gasteiger partial charge in [0.05, 0.1) is 0 Å². The predicted molar refractivity (Wildman–Crippen MR) is 49.3 cm³/mol. The van der Waals surface area contributed by atoms with E-state index in [0.717, 1.165) is 19.1 Å². The van der Waals surface area contributed by atoms with Crippen LogP contribution in [-0.4, -0.2) is 10.1 Å². The van der Waals surface area contributed by atoms with E-state index >= 15 is 0 Å². The number of halogens is 3. The SMILES string of the molecule is O=CCCCC=CC(Cl)(Cl)Cl. The Balaban J connectivity index is 3.37. The standard InChI is InChI=1S/C7H9Cl3O/c8-7(9,10)5-3-1-2-4-6-11/h3,5-6H,1-2,4H2. The van der Waals surface area contributed by atoms with Crippen molar-refractivity contribution in [3.05, 3.63) is 12.2 Å². The molecule has 4 heteroatoms. The highest BCUT2D eigenvalue weighted by Crippen LogP contribution is 2.27. The summed E-state index contributed by atoms with van der Waals surface area (Å²) in [5.41, 5.74) is 0. The summed E-state index contributed by atoms with van der Waals surface area (Å²) in [6.07, 6.45) is 6.26. The average Bonchev–Trinajstić information content (AvgIpc) is 1.85. The lowest BCUT2D eigenvalue weighted by molar-refractivity contribution is -0.107. The van der Waals surface area contributed by atoms with Crippen LogP contribution in [0.4, 0.5) is 0 Å². The van der Waals surface area contributed by atoms with Gasteiger partial charge in [0.2, 0.25) is 3.79 Å². The van der Waals surface area contributed by atoms with Crippen molar-refractivity contribution in [2.45, 2.75) is 23.1 Å². The smallest absolute Gasteiger partial charge is 0.209 e. The molecule has 0 saturated heterocycles. The van der Waals surface area contributed by atoms with Crippen molar-refractivity contribution >= 4 is 41.1 Å². The van der Waals surface area contributed by atoms with Crippen molar-refractivity contribution in [1.82, 2.24) is 0 Å². The number of hydrogen-bond donors (Lipinski definition) is 0. The minimum absolute atomic E-state index is 0.560. The number of carbonyl (C=O) groups excluding carboxylic acids is 1. The summed E-state index contributed by atoms with van der Waals surface area (Å²) < 4.78 is -1.30. The van der Waals surface area contributed by atoms with Gasteiger partial charge in [0.15, 0.2) is 0 Å². The molecule has 0 aromatic heterocycles. The summed E-state index contributed by atoms with van der Waals surface area (Å²) in [6, 6.07) is 0. The van der Waals surface area contributed by atoms with Gasteiger partial charge in [0.1, 0.15) is 6.29 Å². The molecule has 0 radical (unpaired) electrons. The molecule has 0 aromatic rings. The number of hydrogen-bond acceptors (Lipinski definition) is 1. The minimum atomic E-state index is -1.30. The summed E-state index contributed by atoms with van der Waals surface area (Å²) in [4.78, 5) is 9.86. The van der Waals surface area contributed by atoms with Gasteiger partial charge < -0.3 is 4.79 Å². The van der Waals surface area contributed by atoms with Crippen LogP contribution < -0.4 is 0 Å². The highest BCUT2D eigenvalue weighted by molar-refractivity contribution is 6.68. The molecule has 0 unspecified atom stereocenters. The molecule has 0 N–H and O–H groups in total. The van der Waals surface area contributed by atoms with Crippen molar-refractivity contribution in [3.63, 3.8) is 0 Å². The molecule has 0 spiro atoms. The summed E-state index contributed by atoms with van der Waals surface area (Å²) in [6.45, 7) is 0. The van der Waals surface area contributed by atoms with E-state index in [1.54, 1.807) is 6.08 Å². The zero-order valence-electron chi connectivity index (χ0n) is 5.90. The quantitative estimate of drug-likeness (QED) is 0.304.